The molecule has 1 aliphatic rings. The van der Waals surface area contributed by atoms with E-state index in [0.29, 0.717) is 23.1 Å². The zero-order valence-corrected chi connectivity index (χ0v) is 14.0. The molecule has 1 fully saturated rings. The highest BCUT2D eigenvalue weighted by molar-refractivity contribution is 5.78. The van der Waals surface area contributed by atoms with Crippen molar-refractivity contribution >= 4 is 5.91 Å². The van der Waals surface area contributed by atoms with Crippen molar-refractivity contribution in [3.05, 3.63) is 23.8 Å². The average molecular weight is 322 g/mol. The lowest BCUT2D eigenvalue weighted by Crippen LogP contribution is -2.43. The van der Waals surface area contributed by atoms with Crippen molar-refractivity contribution in [1.82, 2.24) is 10.6 Å². The second-order valence-electron chi connectivity index (χ2n) is 5.98. The lowest BCUT2D eigenvalue weighted by Gasteiger charge is -2.27. The summed E-state index contributed by atoms with van der Waals surface area (Å²) in [7, 11) is 3.12. The number of hydrogen-bond donors (Lipinski definition) is 3. The second-order valence-corrected chi connectivity index (χ2v) is 5.98. The molecule has 2 rings (SSSR count). The van der Waals surface area contributed by atoms with E-state index in [4.69, 9.17) is 9.47 Å². The molecule has 0 bridgehead atoms. The summed E-state index contributed by atoms with van der Waals surface area (Å²) >= 11 is 0. The van der Waals surface area contributed by atoms with Crippen LogP contribution in [0.3, 0.4) is 0 Å². The number of methoxy groups -OCH3 is 2. The molecule has 6 heteroatoms. The van der Waals surface area contributed by atoms with Crippen molar-refractivity contribution in [3.63, 3.8) is 0 Å². The van der Waals surface area contributed by atoms with Crippen LogP contribution in [0.1, 0.15) is 31.4 Å². The smallest absolute Gasteiger partial charge is 0.223 e. The van der Waals surface area contributed by atoms with Gasteiger partial charge >= 0.3 is 0 Å². The Kier molecular flexibility index (Phi) is 6.24. The summed E-state index contributed by atoms with van der Waals surface area (Å²) in [5.41, 5.74) is 0.653. The van der Waals surface area contributed by atoms with E-state index in [-0.39, 0.29) is 18.4 Å². The summed E-state index contributed by atoms with van der Waals surface area (Å²) in [6, 6.07) is 5.58. The van der Waals surface area contributed by atoms with E-state index in [9.17, 15) is 9.90 Å². The molecule has 1 heterocycles. The van der Waals surface area contributed by atoms with Gasteiger partial charge in [-0.3, -0.25) is 4.79 Å². The predicted molar refractivity (Wildman–Crippen MR) is 87.7 cm³/mol. The highest BCUT2D eigenvalue weighted by Gasteiger charge is 2.25. The van der Waals surface area contributed by atoms with Crippen molar-refractivity contribution in [2.45, 2.75) is 31.9 Å². The van der Waals surface area contributed by atoms with E-state index in [2.05, 4.69) is 17.6 Å². The SMILES string of the molecule is COc1cc(OC)cc(C(O)CNC(=O)[C@H]2CCN[C@@H](C)C2)c1. The topological polar surface area (TPSA) is 79.8 Å². The van der Waals surface area contributed by atoms with Crippen LogP contribution in [0.5, 0.6) is 11.5 Å². The summed E-state index contributed by atoms with van der Waals surface area (Å²) in [6.45, 7) is 3.11. The summed E-state index contributed by atoms with van der Waals surface area (Å²) < 4.78 is 10.4. The Morgan fingerprint density at radius 2 is 2.00 bits per heavy atom. The molecule has 23 heavy (non-hydrogen) atoms. The summed E-state index contributed by atoms with van der Waals surface area (Å²) in [5.74, 6) is 1.24. The van der Waals surface area contributed by atoms with Crippen LogP contribution in [0, 0.1) is 5.92 Å². The molecule has 0 radical (unpaired) electrons. The highest BCUT2D eigenvalue weighted by atomic mass is 16.5. The molecular formula is C17H26N2O4. The molecule has 1 amide bonds. The zero-order valence-electron chi connectivity index (χ0n) is 14.0. The molecule has 1 aromatic rings. The van der Waals surface area contributed by atoms with Crippen molar-refractivity contribution in [2.24, 2.45) is 5.92 Å². The maximum atomic E-state index is 12.2. The third-order valence-corrected chi connectivity index (χ3v) is 4.22. The quantitative estimate of drug-likeness (QED) is 0.734. The first-order valence-electron chi connectivity index (χ1n) is 7.95. The van der Waals surface area contributed by atoms with Crippen LogP contribution < -0.4 is 20.1 Å². The average Bonchev–Trinajstić information content (AvgIpc) is 2.58. The molecule has 1 unspecified atom stereocenters. The van der Waals surface area contributed by atoms with Crippen LogP contribution in [-0.4, -0.2) is 44.4 Å². The van der Waals surface area contributed by atoms with E-state index < -0.39 is 6.10 Å². The first-order chi connectivity index (χ1) is 11.0. The van der Waals surface area contributed by atoms with Gasteiger partial charge in [-0.25, -0.2) is 0 Å². The Morgan fingerprint density at radius 1 is 1.35 bits per heavy atom. The lowest BCUT2D eigenvalue weighted by atomic mass is 9.92. The van der Waals surface area contributed by atoms with Crippen LogP contribution in [0.15, 0.2) is 18.2 Å². The maximum Gasteiger partial charge on any atom is 0.223 e. The van der Waals surface area contributed by atoms with Crippen molar-refractivity contribution in [3.8, 4) is 11.5 Å². The van der Waals surface area contributed by atoms with E-state index in [1.54, 1.807) is 32.4 Å². The third-order valence-electron chi connectivity index (χ3n) is 4.22. The van der Waals surface area contributed by atoms with Crippen LogP contribution in [0.4, 0.5) is 0 Å². The molecule has 3 atom stereocenters. The minimum Gasteiger partial charge on any atom is -0.497 e. The molecule has 0 aromatic heterocycles. The summed E-state index contributed by atoms with van der Waals surface area (Å²) in [6.07, 6.45) is 0.857. The fourth-order valence-electron chi connectivity index (χ4n) is 2.85. The van der Waals surface area contributed by atoms with E-state index in [0.717, 1.165) is 19.4 Å². The number of nitrogens with one attached hydrogen (secondary N) is 2. The van der Waals surface area contributed by atoms with Crippen LogP contribution >= 0.6 is 0 Å². The van der Waals surface area contributed by atoms with Crippen LogP contribution in [0.25, 0.3) is 0 Å². The Bertz CT molecular complexity index is 513. The van der Waals surface area contributed by atoms with Gasteiger partial charge in [0.2, 0.25) is 5.91 Å². The molecule has 1 aromatic carbocycles. The largest absolute Gasteiger partial charge is 0.497 e. The van der Waals surface area contributed by atoms with Crippen molar-refractivity contribution in [1.29, 1.82) is 0 Å². The van der Waals surface area contributed by atoms with Crippen LogP contribution in [0.2, 0.25) is 0 Å². The number of carbonyl (C=O) groups excluding carboxylic acids is 1. The molecular weight excluding hydrogens is 296 g/mol. The molecule has 1 aliphatic heterocycles. The van der Waals surface area contributed by atoms with E-state index >= 15 is 0 Å². The third kappa shape index (κ3) is 4.84. The number of aliphatic hydroxyl groups excluding tert-OH is 1. The van der Waals surface area contributed by atoms with Gasteiger partial charge in [-0.05, 0) is 44.0 Å². The monoisotopic (exact) mass is 322 g/mol. The minimum absolute atomic E-state index is 0.00672. The number of piperidine rings is 1. The van der Waals surface area contributed by atoms with Gasteiger partial charge in [0.25, 0.3) is 0 Å². The Balaban J connectivity index is 1.93. The van der Waals surface area contributed by atoms with Crippen LogP contribution in [-0.2, 0) is 4.79 Å². The molecule has 0 saturated carbocycles. The Morgan fingerprint density at radius 3 is 2.57 bits per heavy atom. The number of ether oxygens (including phenoxy) is 2. The number of hydrogen-bond acceptors (Lipinski definition) is 5. The van der Waals surface area contributed by atoms with E-state index in [1.165, 1.54) is 0 Å². The maximum absolute atomic E-state index is 12.2. The van der Waals surface area contributed by atoms with Gasteiger partial charge in [0.1, 0.15) is 11.5 Å². The standard InChI is InChI=1S/C17H26N2O4/c1-11-6-12(4-5-18-11)17(21)19-10-16(20)13-7-14(22-2)9-15(8-13)23-3/h7-9,11-12,16,18,20H,4-6,10H2,1-3H3,(H,19,21)/t11-,12-,16?/m0/s1. The van der Waals surface area contributed by atoms with Gasteiger partial charge in [0, 0.05) is 24.6 Å². The fraction of sp³-hybridized carbons (Fsp3) is 0.588. The Hall–Kier alpha value is -1.79. The van der Waals surface area contributed by atoms with Gasteiger partial charge < -0.3 is 25.2 Å². The van der Waals surface area contributed by atoms with Gasteiger partial charge in [-0.2, -0.15) is 0 Å². The highest BCUT2D eigenvalue weighted by Crippen LogP contribution is 2.26. The fourth-order valence-corrected chi connectivity index (χ4v) is 2.85. The van der Waals surface area contributed by atoms with E-state index in [1.807, 2.05) is 0 Å². The van der Waals surface area contributed by atoms with Gasteiger partial charge in [-0.1, -0.05) is 0 Å². The summed E-state index contributed by atoms with van der Waals surface area (Å²) in [4.78, 5) is 12.2. The summed E-state index contributed by atoms with van der Waals surface area (Å²) in [5, 5.41) is 16.5. The number of amides is 1. The molecule has 128 valence electrons. The minimum atomic E-state index is -0.804. The second kappa shape index (κ2) is 8.17. The first-order valence-corrected chi connectivity index (χ1v) is 7.95. The number of benzene rings is 1. The molecule has 1 saturated heterocycles. The van der Waals surface area contributed by atoms with Gasteiger partial charge in [0.15, 0.2) is 0 Å². The number of carbonyl (C=O) groups is 1. The molecule has 0 spiro atoms. The number of rotatable bonds is 6. The van der Waals surface area contributed by atoms with Crippen molar-refractivity contribution in [2.75, 3.05) is 27.3 Å². The normalized spacial score (nSPS) is 22.3. The molecule has 3 N–H and O–H groups in total. The number of aliphatic hydroxyl groups is 1. The first kappa shape index (κ1) is 17.6. The zero-order chi connectivity index (χ0) is 16.8. The molecule has 6 nitrogen and oxygen atoms in total. The predicted octanol–water partition coefficient (Wildman–Crippen LogP) is 1.24. The Labute approximate surface area is 137 Å². The van der Waals surface area contributed by atoms with Crippen molar-refractivity contribution < 1.29 is 19.4 Å². The van der Waals surface area contributed by atoms with Gasteiger partial charge in [-0.15, -0.1) is 0 Å². The lowest BCUT2D eigenvalue weighted by molar-refractivity contribution is -0.126. The van der Waals surface area contributed by atoms with Gasteiger partial charge in [0.05, 0.1) is 20.3 Å². The molecule has 0 aliphatic carbocycles.